The fourth-order valence-corrected chi connectivity index (χ4v) is 6.63. The molecule has 3 fully saturated rings. The van der Waals surface area contributed by atoms with Gasteiger partial charge in [0.1, 0.15) is 6.33 Å². The van der Waals surface area contributed by atoms with E-state index >= 15 is 0 Å². The van der Waals surface area contributed by atoms with Gasteiger partial charge in [0.05, 0.1) is 4.92 Å². The maximum Gasteiger partial charge on any atom is 0.353 e. The van der Waals surface area contributed by atoms with Gasteiger partial charge in [-0.2, -0.15) is 0 Å². The second-order valence-electron chi connectivity index (χ2n) is 11.2. The summed E-state index contributed by atoms with van der Waals surface area (Å²) in [6.07, 6.45) is 4.77. The predicted molar refractivity (Wildman–Crippen MR) is 129 cm³/mol. The normalized spacial score (nSPS) is 27.1. The third kappa shape index (κ3) is 4.40. The van der Waals surface area contributed by atoms with Crippen molar-refractivity contribution in [3.8, 4) is 0 Å². The highest BCUT2D eigenvalue weighted by Gasteiger charge is 2.51. The van der Waals surface area contributed by atoms with Crippen molar-refractivity contribution < 1.29 is 4.92 Å². The average Bonchev–Trinajstić information content (AvgIpc) is 3.03. The van der Waals surface area contributed by atoms with Crippen molar-refractivity contribution in [1.82, 2.24) is 14.9 Å². The third-order valence-corrected chi connectivity index (χ3v) is 7.57. The summed E-state index contributed by atoms with van der Waals surface area (Å²) < 4.78 is 0. The fourth-order valence-electron chi connectivity index (χ4n) is 6.63. The number of anilines is 2. The molecule has 1 aromatic heterocycles. The molecule has 0 amide bonds. The zero-order valence-electron chi connectivity index (χ0n) is 19.9. The Labute approximate surface area is 195 Å². The molecule has 1 aromatic carbocycles. The minimum absolute atomic E-state index is 0.0722. The van der Waals surface area contributed by atoms with Gasteiger partial charge in [-0.15, -0.1) is 0 Å². The van der Waals surface area contributed by atoms with E-state index in [9.17, 15) is 10.1 Å². The van der Waals surface area contributed by atoms with Crippen LogP contribution in [0, 0.1) is 20.9 Å². The van der Waals surface area contributed by atoms with E-state index in [-0.39, 0.29) is 21.4 Å². The lowest BCUT2D eigenvalue weighted by molar-refractivity contribution is -0.383. The summed E-state index contributed by atoms with van der Waals surface area (Å²) in [6, 6.07) is 10.7. The molecule has 1 saturated carbocycles. The zero-order chi connectivity index (χ0) is 23.2. The monoisotopic (exact) mass is 450 g/mol. The number of hydrogen-bond donors (Lipinski definition) is 0. The van der Waals surface area contributed by atoms with Gasteiger partial charge in [-0.3, -0.25) is 15.0 Å². The molecule has 2 atom stereocenters. The standard InChI is InChI=1S/C25H34N6O2/c1-24(2)13-20-14-25(3,16-24)17-30(20)23-21(31(32)33)22(26-18-27-23)29-11-9-28(10-12-29)15-19-7-5-4-6-8-19/h4-8,18,20H,9-17H2,1-3H3. The number of nitro groups is 1. The zero-order valence-corrected chi connectivity index (χ0v) is 19.9. The van der Waals surface area contributed by atoms with Crippen molar-refractivity contribution >= 4 is 17.3 Å². The van der Waals surface area contributed by atoms with E-state index in [1.807, 2.05) is 6.07 Å². The molecule has 176 valence electrons. The largest absolute Gasteiger partial charge is 0.353 e. The van der Waals surface area contributed by atoms with Crippen LogP contribution in [0.3, 0.4) is 0 Å². The van der Waals surface area contributed by atoms with Gasteiger partial charge in [-0.25, -0.2) is 9.97 Å². The van der Waals surface area contributed by atoms with Gasteiger partial charge in [0.15, 0.2) is 0 Å². The summed E-state index contributed by atoms with van der Waals surface area (Å²) >= 11 is 0. The summed E-state index contributed by atoms with van der Waals surface area (Å²) in [6.45, 7) is 11.8. The molecule has 2 saturated heterocycles. The molecule has 2 aliphatic heterocycles. The molecule has 2 aromatic rings. The summed E-state index contributed by atoms with van der Waals surface area (Å²) in [5.41, 5.74) is 1.78. The number of piperazine rings is 1. The Kier molecular flexibility index (Phi) is 5.51. The van der Waals surface area contributed by atoms with Gasteiger partial charge in [0.25, 0.3) is 0 Å². The lowest BCUT2D eigenvalue weighted by Gasteiger charge is -2.39. The highest BCUT2D eigenvalue weighted by molar-refractivity contribution is 5.72. The Morgan fingerprint density at radius 1 is 1.03 bits per heavy atom. The molecular weight excluding hydrogens is 416 g/mol. The molecule has 2 unspecified atom stereocenters. The quantitative estimate of drug-likeness (QED) is 0.501. The van der Waals surface area contributed by atoms with Crippen LogP contribution in [0.5, 0.6) is 0 Å². The predicted octanol–water partition coefficient (Wildman–Crippen LogP) is 4.11. The summed E-state index contributed by atoms with van der Waals surface area (Å²) in [7, 11) is 0. The summed E-state index contributed by atoms with van der Waals surface area (Å²) in [5, 5.41) is 12.3. The maximum atomic E-state index is 12.3. The van der Waals surface area contributed by atoms with Crippen LogP contribution < -0.4 is 9.80 Å². The molecule has 0 N–H and O–H groups in total. The van der Waals surface area contributed by atoms with Gasteiger partial charge < -0.3 is 9.80 Å². The van der Waals surface area contributed by atoms with Crippen LogP contribution >= 0.6 is 0 Å². The van der Waals surface area contributed by atoms with Crippen molar-refractivity contribution in [3.05, 3.63) is 52.3 Å². The van der Waals surface area contributed by atoms with Crippen LogP contribution in [0.25, 0.3) is 0 Å². The maximum absolute atomic E-state index is 12.3. The topological polar surface area (TPSA) is 78.6 Å². The van der Waals surface area contributed by atoms with Crippen molar-refractivity contribution in [2.75, 3.05) is 42.5 Å². The lowest BCUT2D eigenvalue weighted by Crippen LogP contribution is -2.46. The molecule has 2 bridgehead atoms. The van der Waals surface area contributed by atoms with Crippen LogP contribution in [-0.4, -0.2) is 58.6 Å². The first-order chi connectivity index (χ1) is 15.7. The smallest absolute Gasteiger partial charge is 0.348 e. The molecule has 5 rings (SSSR count). The Morgan fingerprint density at radius 2 is 1.73 bits per heavy atom. The molecule has 8 nitrogen and oxygen atoms in total. The molecule has 3 heterocycles. The lowest BCUT2D eigenvalue weighted by atomic mass is 9.65. The van der Waals surface area contributed by atoms with Gasteiger partial charge in [-0.1, -0.05) is 51.1 Å². The van der Waals surface area contributed by atoms with Crippen molar-refractivity contribution in [3.63, 3.8) is 0 Å². The molecule has 1 aliphatic carbocycles. The Balaban J connectivity index is 1.37. The number of hydrogen-bond acceptors (Lipinski definition) is 7. The Hall–Kier alpha value is -2.74. The third-order valence-electron chi connectivity index (χ3n) is 7.57. The van der Waals surface area contributed by atoms with Crippen molar-refractivity contribution in [1.29, 1.82) is 0 Å². The summed E-state index contributed by atoms with van der Waals surface area (Å²) in [4.78, 5) is 27.6. The number of aromatic nitrogens is 2. The first-order valence-electron chi connectivity index (χ1n) is 12.0. The average molecular weight is 451 g/mol. The number of fused-ring (bicyclic) bond motifs is 2. The van der Waals surface area contributed by atoms with E-state index < -0.39 is 0 Å². The van der Waals surface area contributed by atoms with Crippen LogP contribution in [0.15, 0.2) is 36.7 Å². The van der Waals surface area contributed by atoms with Crippen molar-refractivity contribution in [2.45, 2.75) is 52.6 Å². The van der Waals surface area contributed by atoms with E-state index in [0.29, 0.717) is 17.7 Å². The highest BCUT2D eigenvalue weighted by atomic mass is 16.6. The first kappa shape index (κ1) is 22.1. The second kappa shape index (κ2) is 8.24. The SMILES string of the molecule is CC1(C)CC2CC(C)(CN2c2ncnc(N3CCN(Cc4ccccc4)CC3)c2[N+](=O)[O-])C1. The van der Waals surface area contributed by atoms with Gasteiger partial charge in [-0.05, 0) is 35.7 Å². The fraction of sp³-hybridized carbons (Fsp3) is 0.600. The Morgan fingerprint density at radius 3 is 2.42 bits per heavy atom. The minimum Gasteiger partial charge on any atom is -0.348 e. The van der Waals surface area contributed by atoms with Crippen LogP contribution in [-0.2, 0) is 6.54 Å². The molecule has 0 spiro atoms. The van der Waals surface area contributed by atoms with Crippen LogP contribution in [0.4, 0.5) is 17.3 Å². The van der Waals surface area contributed by atoms with Gasteiger partial charge in [0, 0.05) is 45.3 Å². The molecule has 33 heavy (non-hydrogen) atoms. The van der Waals surface area contributed by atoms with Crippen LogP contribution in [0.1, 0.15) is 45.6 Å². The van der Waals surface area contributed by atoms with Gasteiger partial charge >= 0.3 is 5.69 Å². The molecule has 0 radical (unpaired) electrons. The molecule has 8 heteroatoms. The van der Waals surface area contributed by atoms with E-state index in [2.05, 4.69) is 69.7 Å². The highest BCUT2D eigenvalue weighted by Crippen LogP contribution is 2.54. The number of nitrogens with zero attached hydrogens (tertiary/aromatic N) is 6. The minimum atomic E-state index is -0.267. The van der Waals surface area contributed by atoms with E-state index in [1.54, 1.807) is 0 Å². The molecule has 3 aliphatic rings. The Bertz CT molecular complexity index is 1020. The second-order valence-corrected chi connectivity index (χ2v) is 11.2. The number of rotatable bonds is 5. The van der Waals surface area contributed by atoms with E-state index in [0.717, 1.165) is 58.5 Å². The van der Waals surface area contributed by atoms with Crippen molar-refractivity contribution in [2.24, 2.45) is 10.8 Å². The van der Waals surface area contributed by atoms with E-state index in [4.69, 9.17) is 0 Å². The number of benzene rings is 1. The van der Waals surface area contributed by atoms with Crippen LogP contribution in [0.2, 0.25) is 0 Å². The molecular formula is C25H34N6O2. The van der Waals surface area contributed by atoms with Gasteiger partial charge in [0.2, 0.25) is 11.6 Å². The van der Waals surface area contributed by atoms with E-state index in [1.165, 1.54) is 11.9 Å². The first-order valence-corrected chi connectivity index (χ1v) is 12.0. The summed E-state index contributed by atoms with van der Waals surface area (Å²) in [5.74, 6) is 0.971.